The zero-order valence-electron chi connectivity index (χ0n) is 6.36. The first-order valence-corrected chi connectivity index (χ1v) is 4.72. The third kappa shape index (κ3) is 2.79. The fourth-order valence-corrected chi connectivity index (χ4v) is 1.44. The third-order valence-electron chi connectivity index (χ3n) is 1.36. The van der Waals surface area contributed by atoms with E-state index < -0.39 is 8.03 Å². The second kappa shape index (κ2) is 4.22. The minimum atomic E-state index is -1.50. The lowest BCUT2D eigenvalue weighted by Crippen LogP contribution is -1.78. The quantitative estimate of drug-likeness (QED) is 0.650. The Kier molecular flexibility index (Phi) is 3.21. The molecule has 1 aromatic rings. The van der Waals surface area contributed by atoms with Crippen molar-refractivity contribution in [2.24, 2.45) is 0 Å². The van der Waals surface area contributed by atoms with Gasteiger partial charge in [-0.15, -0.1) is 4.52 Å². The van der Waals surface area contributed by atoms with Crippen LogP contribution in [0.15, 0.2) is 30.3 Å². The van der Waals surface area contributed by atoms with E-state index in [9.17, 15) is 4.57 Å². The van der Waals surface area contributed by atoms with Gasteiger partial charge in [0.2, 0.25) is 6.16 Å². The van der Waals surface area contributed by atoms with Crippen LogP contribution in [0.1, 0.15) is 5.56 Å². The smallest absolute Gasteiger partial charge is 0.149 e. The van der Waals surface area contributed by atoms with Crippen LogP contribution >= 0.6 is 8.03 Å². The summed E-state index contributed by atoms with van der Waals surface area (Å²) in [6.45, 7) is 0. The molecule has 0 heterocycles. The highest BCUT2D eigenvalue weighted by atomic mass is 31.1. The average Bonchev–Trinajstić information content (AvgIpc) is 2.06. The molecule has 0 aliphatic heterocycles. The number of hydrogen-bond acceptors (Lipinski definition) is 2. The topological polar surface area (TPSA) is 26.3 Å². The molecular weight excluding hydrogens is 159 g/mol. The molecule has 0 bridgehead atoms. The number of hydrogen-bond donors (Lipinski definition) is 0. The summed E-state index contributed by atoms with van der Waals surface area (Å²) in [5.74, 6) is 0. The Balaban J connectivity index is 2.58. The van der Waals surface area contributed by atoms with E-state index in [2.05, 4.69) is 4.52 Å². The van der Waals surface area contributed by atoms with Gasteiger partial charge < -0.3 is 0 Å². The summed E-state index contributed by atoms with van der Waals surface area (Å²) in [5, 5.41) is 0. The van der Waals surface area contributed by atoms with Gasteiger partial charge in [0.1, 0.15) is 0 Å². The van der Waals surface area contributed by atoms with Crippen LogP contribution in [-0.4, -0.2) is 7.11 Å². The molecule has 1 aromatic carbocycles. The van der Waals surface area contributed by atoms with Crippen LogP contribution in [0.4, 0.5) is 0 Å². The maximum atomic E-state index is 10.9. The predicted octanol–water partition coefficient (Wildman–Crippen LogP) is 2.58. The van der Waals surface area contributed by atoms with E-state index in [1.165, 1.54) is 7.11 Å². The molecule has 2 nitrogen and oxygen atoms in total. The summed E-state index contributed by atoms with van der Waals surface area (Å²) < 4.78 is 15.6. The van der Waals surface area contributed by atoms with Crippen LogP contribution in [0.3, 0.4) is 0 Å². The van der Waals surface area contributed by atoms with Crippen molar-refractivity contribution in [1.29, 1.82) is 0 Å². The van der Waals surface area contributed by atoms with Gasteiger partial charge >= 0.3 is 8.03 Å². The predicted molar refractivity (Wildman–Crippen MR) is 44.8 cm³/mol. The van der Waals surface area contributed by atoms with Crippen LogP contribution in [0.2, 0.25) is 0 Å². The molecule has 0 fully saturated rings. The van der Waals surface area contributed by atoms with Gasteiger partial charge in [0.05, 0.1) is 7.11 Å². The van der Waals surface area contributed by atoms with Crippen molar-refractivity contribution in [2.75, 3.05) is 7.11 Å². The first-order chi connectivity index (χ1) is 5.33. The fraction of sp³-hybridized carbons (Fsp3) is 0.250. The molecule has 11 heavy (non-hydrogen) atoms. The van der Waals surface area contributed by atoms with Gasteiger partial charge in [0.25, 0.3) is 0 Å². The standard InChI is InChI=1S/C8H10O2P/c1-10-11(9)7-8-5-3-2-4-6-8/h2-6H,7H2,1H3/q+1. The van der Waals surface area contributed by atoms with Crippen molar-refractivity contribution in [1.82, 2.24) is 0 Å². The first-order valence-electron chi connectivity index (χ1n) is 3.35. The van der Waals surface area contributed by atoms with E-state index in [0.717, 1.165) is 5.56 Å². The molecule has 0 aromatic heterocycles. The molecule has 0 saturated heterocycles. The van der Waals surface area contributed by atoms with Gasteiger partial charge in [-0.05, 0) is 4.57 Å². The van der Waals surface area contributed by atoms with E-state index >= 15 is 0 Å². The molecule has 0 aliphatic rings. The third-order valence-corrected chi connectivity index (χ3v) is 2.39. The van der Waals surface area contributed by atoms with E-state index in [1.807, 2.05) is 30.3 Å². The molecule has 0 aliphatic carbocycles. The van der Waals surface area contributed by atoms with Gasteiger partial charge in [0.15, 0.2) is 0 Å². The number of benzene rings is 1. The Morgan fingerprint density at radius 1 is 1.36 bits per heavy atom. The monoisotopic (exact) mass is 169 g/mol. The highest BCUT2D eigenvalue weighted by molar-refractivity contribution is 7.38. The molecule has 1 rings (SSSR count). The summed E-state index contributed by atoms with van der Waals surface area (Å²) in [4.78, 5) is 0. The van der Waals surface area contributed by atoms with Crippen molar-refractivity contribution in [3.8, 4) is 0 Å². The highest BCUT2D eigenvalue weighted by Gasteiger charge is 2.14. The minimum absolute atomic E-state index is 0.507. The summed E-state index contributed by atoms with van der Waals surface area (Å²) in [7, 11) is -0.0447. The maximum absolute atomic E-state index is 10.9. The number of rotatable bonds is 3. The molecule has 0 amide bonds. The first kappa shape index (κ1) is 8.38. The normalized spacial score (nSPS) is 11.2. The fourth-order valence-electron chi connectivity index (χ4n) is 0.797. The van der Waals surface area contributed by atoms with Gasteiger partial charge in [0, 0.05) is 5.56 Å². The van der Waals surface area contributed by atoms with Crippen LogP contribution in [-0.2, 0) is 15.3 Å². The molecule has 0 saturated carbocycles. The molecule has 1 unspecified atom stereocenters. The van der Waals surface area contributed by atoms with Gasteiger partial charge in [-0.2, -0.15) is 0 Å². The molecule has 0 N–H and O–H groups in total. The average molecular weight is 169 g/mol. The zero-order chi connectivity index (χ0) is 8.10. The minimum Gasteiger partial charge on any atom is -0.149 e. The van der Waals surface area contributed by atoms with E-state index in [0.29, 0.717) is 6.16 Å². The molecule has 0 radical (unpaired) electrons. The van der Waals surface area contributed by atoms with Crippen LogP contribution < -0.4 is 0 Å². The summed E-state index contributed by atoms with van der Waals surface area (Å²) in [6, 6.07) is 9.66. The van der Waals surface area contributed by atoms with E-state index in [4.69, 9.17) is 0 Å². The maximum Gasteiger partial charge on any atom is 0.512 e. The lowest BCUT2D eigenvalue weighted by atomic mass is 10.2. The highest BCUT2D eigenvalue weighted by Crippen LogP contribution is 2.25. The SMILES string of the molecule is CO[P+](=O)Cc1ccccc1. The summed E-state index contributed by atoms with van der Waals surface area (Å²) in [5.41, 5.74) is 1.05. The molecule has 0 spiro atoms. The van der Waals surface area contributed by atoms with Crippen molar-refractivity contribution in [3.63, 3.8) is 0 Å². The lowest BCUT2D eigenvalue weighted by Gasteiger charge is -1.87. The molecular formula is C8H10O2P+. The molecule has 3 heteroatoms. The Labute approximate surface area is 67.1 Å². The Bertz CT molecular complexity index is 233. The summed E-state index contributed by atoms with van der Waals surface area (Å²) >= 11 is 0. The second-order valence-corrected chi connectivity index (χ2v) is 3.51. The summed E-state index contributed by atoms with van der Waals surface area (Å²) in [6.07, 6.45) is 0.507. The Hall–Kier alpha value is -0.720. The van der Waals surface area contributed by atoms with Gasteiger partial charge in [-0.25, -0.2) is 0 Å². The van der Waals surface area contributed by atoms with E-state index in [1.54, 1.807) is 0 Å². The zero-order valence-corrected chi connectivity index (χ0v) is 7.25. The van der Waals surface area contributed by atoms with Crippen molar-refractivity contribution in [3.05, 3.63) is 35.9 Å². The van der Waals surface area contributed by atoms with Gasteiger partial charge in [-0.1, -0.05) is 30.3 Å². The Morgan fingerprint density at radius 3 is 2.55 bits per heavy atom. The van der Waals surface area contributed by atoms with E-state index in [-0.39, 0.29) is 0 Å². The Morgan fingerprint density at radius 2 is 2.00 bits per heavy atom. The molecule has 1 atom stereocenters. The van der Waals surface area contributed by atoms with Crippen molar-refractivity contribution >= 4 is 8.03 Å². The van der Waals surface area contributed by atoms with Crippen LogP contribution in [0, 0.1) is 0 Å². The van der Waals surface area contributed by atoms with Crippen LogP contribution in [0.25, 0.3) is 0 Å². The lowest BCUT2D eigenvalue weighted by molar-refractivity contribution is 0.414. The van der Waals surface area contributed by atoms with Crippen LogP contribution in [0.5, 0.6) is 0 Å². The largest absolute Gasteiger partial charge is 0.512 e. The second-order valence-electron chi connectivity index (χ2n) is 2.16. The van der Waals surface area contributed by atoms with Gasteiger partial charge in [-0.3, -0.25) is 0 Å². The van der Waals surface area contributed by atoms with Crippen molar-refractivity contribution < 1.29 is 9.09 Å². The molecule has 58 valence electrons. The van der Waals surface area contributed by atoms with Crippen molar-refractivity contribution in [2.45, 2.75) is 6.16 Å².